The highest BCUT2D eigenvalue weighted by Crippen LogP contribution is 2.26. The first-order chi connectivity index (χ1) is 18.8. The van der Waals surface area contributed by atoms with Crippen molar-refractivity contribution in [2.75, 3.05) is 12.0 Å². The van der Waals surface area contributed by atoms with Crippen LogP contribution in [0.4, 0.5) is 0 Å². The number of nitrogens with zero attached hydrogens (tertiary/aromatic N) is 2. The number of halogens is 1. The summed E-state index contributed by atoms with van der Waals surface area (Å²) >= 11 is 6.02. The maximum absolute atomic E-state index is 13.2. The fourth-order valence-electron chi connectivity index (χ4n) is 4.37. The third-order valence-electron chi connectivity index (χ3n) is 6.39. The third kappa shape index (κ3) is 5.44. The highest BCUT2D eigenvalue weighted by atomic mass is 35.5. The van der Waals surface area contributed by atoms with Gasteiger partial charge in [-0.25, -0.2) is 9.78 Å². The number of para-hydroxylation sites is 1. The van der Waals surface area contributed by atoms with Crippen LogP contribution in [0.2, 0.25) is 5.02 Å². The van der Waals surface area contributed by atoms with Crippen molar-refractivity contribution in [3.8, 4) is 11.3 Å². The van der Waals surface area contributed by atoms with E-state index in [0.29, 0.717) is 49.7 Å². The zero-order chi connectivity index (χ0) is 27.5. The molecule has 1 amide bonds. The average molecular weight is 538 g/mol. The summed E-state index contributed by atoms with van der Waals surface area (Å²) in [4.78, 5) is 43.6. The van der Waals surface area contributed by atoms with Gasteiger partial charge in [0, 0.05) is 38.5 Å². The minimum absolute atomic E-state index is 0.302. The number of fused-ring (bicyclic) bond motifs is 1. The minimum Gasteiger partial charge on any atom is -0.454 e. The smallest absolute Gasteiger partial charge is 0.339 e. The molecule has 0 bridgehead atoms. The Morgan fingerprint density at radius 1 is 0.872 bits per heavy atom. The zero-order valence-electron chi connectivity index (χ0n) is 21.3. The van der Waals surface area contributed by atoms with Crippen LogP contribution in [-0.2, 0) is 4.74 Å². The summed E-state index contributed by atoms with van der Waals surface area (Å²) in [7, 11) is 0. The number of hydrogen-bond acceptors (Lipinski definition) is 5. The van der Waals surface area contributed by atoms with E-state index in [9.17, 15) is 14.4 Å². The molecule has 1 N–H and O–H groups in total. The summed E-state index contributed by atoms with van der Waals surface area (Å²) in [5.74, 6) is -1.32. The van der Waals surface area contributed by atoms with Crippen molar-refractivity contribution in [2.24, 2.45) is 0 Å². The normalized spacial score (nSPS) is 10.8. The number of esters is 1. The quantitative estimate of drug-likeness (QED) is 0.192. The number of amides is 1. The molecule has 0 fully saturated rings. The maximum atomic E-state index is 13.2. The molecule has 3 aromatic carbocycles. The van der Waals surface area contributed by atoms with Gasteiger partial charge in [-0.2, -0.15) is 0 Å². The van der Waals surface area contributed by atoms with E-state index in [-0.39, 0.29) is 11.7 Å². The molecule has 194 valence electrons. The van der Waals surface area contributed by atoms with Crippen molar-refractivity contribution in [3.63, 3.8) is 0 Å². The highest BCUT2D eigenvalue weighted by molar-refractivity contribution is 6.30. The van der Waals surface area contributed by atoms with Gasteiger partial charge in [-0.3, -0.25) is 19.7 Å². The van der Waals surface area contributed by atoms with E-state index in [1.165, 1.54) is 0 Å². The summed E-state index contributed by atoms with van der Waals surface area (Å²) in [6.45, 7) is 3.05. The van der Waals surface area contributed by atoms with Crippen LogP contribution in [0, 0.1) is 13.8 Å². The lowest BCUT2D eigenvalue weighted by molar-refractivity contribution is 0.0476. The van der Waals surface area contributed by atoms with Crippen LogP contribution >= 0.6 is 11.6 Å². The largest absolute Gasteiger partial charge is 0.454 e. The lowest BCUT2D eigenvalue weighted by Crippen LogP contribution is -2.25. The van der Waals surface area contributed by atoms with Crippen molar-refractivity contribution in [3.05, 3.63) is 124 Å². The summed E-state index contributed by atoms with van der Waals surface area (Å²) in [5.41, 5.74) is 7.17. The molecule has 2 aromatic heterocycles. The fourth-order valence-corrected chi connectivity index (χ4v) is 4.50. The molecule has 0 saturated carbocycles. The fraction of sp³-hybridized carbons (Fsp3) is 0.0968. The number of hydrogen-bond donors (Lipinski definition) is 1. The number of pyridine rings is 1. The molecular formula is C31H24ClN3O4. The Bertz CT molecular complexity index is 1710. The van der Waals surface area contributed by atoms with Gasteiger partial charge in [0.05, 0.1) is 16.8 Å². The molecule has 8 heteroatoms. The first-order valence-electron chi connectivity index (χ1n) is 12.2. The van der Waals surface area contributed by atoms with Gasteiger partial charge in [0.15, 0.2) is 6.61 Å². The molecule has 0 spiro atoms. The second kappa shape index (κ2) is 10.9. The summed E-state index contributed by atoms with van der Waals surface area (Å²) in [6, 6.07) is 26.5. The number of ketones is 1. The van der Waals surface area contributed by atoms with Crippen LogP contribution in [0.5, 0.6) is 0 Å². The van der Waals surface area contributed by atoms with Crippen LogP contribution < -0.4 is 5.43 Å². The molecule has 0 unspecified atom stereocenters. The minimum atomic E-state index is -0.636. The van der Waals surface area contributed by atoms with Crippen molar-refractivity contribution >= 4 is 40.2 Å². The first-order valence-corrected chi connectivity index (χ1v) is 12.6. The van der Waals surface area contributed by atoms with E-state index in [4.69, 9.17) is 16.3 Å². The van der Waals surface area contributed by atoms with Crippen molar-refractivity contribution in [2.45, 2.75) is 13.8 Å². The molecule has 0 atom stereocenters. The van der Waals surface area contributed by atoms with Gasteiger partial charge in [-0.05, 0) is 56.3 Å². The molecule has 0 radical (unpaired) electrons. The van der Waals surface area contributed by atoms with E-state index in [2.05, 4.69) is 10.4 Å². The summed E-state index contributed by atoms with van der Waals surface area (Å²) in [5, 5.41) is 1.21. The lowest BCUT2D eigenvalue weighted by Gasteiger charge is -2.12. The summed E-state index contributed by atoms with van der Waals surface area (Å²) in [6.07, 6.45) is 0. The van der Waals surface area contributed by atoms with Gasteiger partial charge in [0.25, 0.3) is 5.91 Å². The van der Waals surface area contributed by atoms with E-state index in [0.717, 1.165) is 5.56 Å². The Labute approximate surface area is 230 Å². The Balaban J connectivity index is 1.35. The predicted octanol–water partition coefficient (Wildman–Crippen LogP) is 6.40. The van der Waals surface area contributed by atoms with Gasteiger partial charge < -0.3 is 4.74 Å². The number of carbonyl (C=O) groups excluding carboxylic acids is 3. The zero-order valence-corrected chi connectivity index (χ0v) is 22.0. The van der Waals surface area contributed by atoms with Crippen LogP contribution in [0.1, 0.15) is 42.5 Å². The van der Waals surface area contributed by atoms with Crippen molar-refractivity contribution in [1.29, 1.82) is 0 Å². The molecule has 0 aliphatic carbocycles. The van der Waals surface area contributed by atoms with E-state index >= 15 is 0 Å². The highest BCUT2D eigenvalue weighted by Gasteiger charge is 2.21. The molecular weight excluding hydrogens is 514 g/mol. The predicted molar refractivity (Wildman–Crippen MR) is 151 cm³/mol. The number of aromatic nitrogens is 2. The maximum Gasteiger partial charge on any atom is 0.339 e. The molecule has 39 heavy (non-hydrogen) atoms. The number of ether oxygens (including phenoxy) is 1. The van der Waals surface area contributed by atoms with E-state index in [1.807, 2.05) is 36.4 Å². The van der Waals surface area contributed by atoms with Crippen LogP contribution in [0.3, 0.4) is 0 Å². The number of rotatable bonds is 7. The first kappa shape index (κ1) is 25.9. The van der Waals surface area contributed by atoms with Crippen molar-refractivity contribution < 1.29 is 19.1 Å². The molecule has 0 aliphatic rings. The van der Waals surface area contributed by atoms with E-state index in [1.54, 1.807) is 73.1 Å². The molecule has 0 aliphatic heterocycles. The number of Topliss-reactive ketones (excluding diaryl/α,β-unsaturated/α-hetero) is 1. The van der Waals surface area contributed by atoms with Gasteiger partial charge in [0.1, 0.15) is 0 Å². The van der Waals surface area contributed by atoms with Gasteiger partial charge in [-0.1, -0.05) is 60.1 Å². The van der Waals surface area contributed by atoms with E-state index < -0.39 is 12.6 Å². The van der Waals surface area contributed by atoms with Gasteiger partial charge in [-0.15, -0.1) is 0 Å². The topological polar surface area (TPSA) is 90.3 Å². The Morgan fingerprint density at radius 3 is 2.31 bits per heavy atom. The number of aryl methyl sites for hydroxylation is 1. The molecule has 5 aromatic rings. The molecule has 7 nitrogen and oxygen atoms in total. The standard InChI is InChI=1S/C31H24ClN3O4/c1-19-16-25(20(2)35(19)34-30(37)22-8-4-3-5-9-22)29(36)18-39-31(38)26-17-28(21-12-14-23(32)15-13-21)33-27-11-7-6-10-24(26)27/h3-17H,18H2,1-2H3,(H,34,37). The number of nitrogens with one attached hydrogen (secondary N) is 1. The Morgan fingerprint density at radius 2 is 1.56 bits per heavy atom. The number of benzene rings is 3. The third-order valence-corrected chi connectivity index (χ3v) is 6.64. The van der Waals surface area contributed by atoms with Crippen LogP contribution in [0.25, 0.3) is 22.2 Å². The SMILES string of the molecule is Cc1cc(C(=O)COC(=O)c2cc(-c3ccc(Cl)cc3)nc3ccccc23)c(C)n1NC(=O)c1ccccc1. The van der Waals surface area contributed by atoms with Crippen molar-refractivity contribution in [1.82, 2.24) is 9.66 Å². The second-order valence-electron chi connectivity index (χ2n) is 9.01. The second-order valence-corrected chi connectivity index (χ2v) is 9.44. The summed E-state index contributed by atoms with van der Waals surface area (Å²) < 4.78 is 7.04. The van der Waals surface area contributed by atoms with Gasteiger partial charge >= 0.3 is 5.97 Å². The Hall–Kier alpha value is -4.75. The average Bonchev–Trinajstić information content (AvgIpc) is 3.24. The van der Waals surface area contributed by atoms with Gasteiger partial charge in [0.2, 0.25) is 5.78 Å². The molecule has 5 rings (SSSR count). The Kier molecular flexibility index (Phi) is 7.25. The van der Waals surface area contributed by atoms with Crippen LogP contribution in [0.15, 0.2) is 91.0 Å². The molecule has 0 saturated heterocycles. The lowest BCUT2D eigenvalue weighted by atomic mass is 10.0. The monoisotopic (exact) mass is 537 g/mol. The van der Waals surface area contributed by atoms with Crippen LogP contribution in [-0.4, -0.2) is 33.9 Å². The number of carbonyl (C=O) groups is 3. The molecule has 2 heterocycles.